The highest BCUT2D eigenvalue weighted by Gasteiger charge is 2.33. The first-order valence-corrected chi connectivity index (χ1v) is 9.76. The fourth-order valence-corrected chi connectivity index (χ4v) is 3.94. The number of ether oxygens (including phenoxy) is 2. The molecule has 2 N–H and O–H groups in total. The lowest BCUT2D eigenvalue weighted by atomic mass is 9.84. The number of fused-ring (bicyclic) bond motifs is 1. The molecule has 0 amide bonds. The summed E-state index contributed by atoms with van der Waals surface area (Å²) in [5.41, 5.74) is 4.59. The Morgan fingerprint density at radius 1 is 1.20 bits per heavy atom. The predicted molar refractivity (Wildman–Crippen MR) is 113 cm³/mol. The van der Waals surface area contributed by atoms with E-state index < -0.39 is 0 Å². The number of carbonyl (C=O) groups excluding carboxylic acids is 2. The van der Waals surface area contributed by atoms with E-state index in [0.717, 1.165) is 22.6 Å². The molecule has 2 heterocycles. The average Bonchev–Trinajstić information content (AvgIpc) is 3.12. The first-order chi connectivity index (χ1) is 14.6. The Balaban J connectivity index is 1.81. The number of nitrogens with zero attached hydrogens (tertiary/aromatic N) is 1. The number of methoxy groups -OCH3 is 2. The van der Waals surface area contributed by atoms with E-state index in [1.807, 2.05) is 36.4 Å². The number of pyridine rings is 1. The van der Waals surface area contributed by atoms with E-state index in [1.54, 1.807) is 19.5 Å². The van der Waals surface area contributed by atoms with Crippen LogP contribution >= 0.6 is 0 Å². The zero-order valence-corrected chi connectivity index (χ0v) is 16.9. The Morgan fingerprint density at radius 2 is 2.00 bits per heavy atom. The molecule has 1 unspecified atom stereocenters. The van der Waals surface area contributed by atoms with Crippen LogP contribution in [0.5, 0.6) is 5.75 Å². The number of hydrogen-bond donors (Lipinski definition) is 2. The van der Waals surface area contributed by atoms with Gasteiger partial charge in [0.2, 0.25) is 0 Å². The third-order valence-corrected chi connectivity index (χ3v) is 5.32. The molecular weight excluding hydrogens is 382 g/mol. The second-order valence-corrected chi connectivity index (χ2v) is 7.27. The molecule has 0 spiro atoms. The first-order valence-electron chi connectivity index (χ1n) is 9.76. The van der Waals surface area contributed by atoms with Crippen LogP contribution in [0.4, 0.5) is 11.4 Å². The molecule has 7 nitrogen and oxygen atoms in total. The minimum atomic E-state index is -0.304. The third kappa shape index (κ3) is 3.78. The molecule has 4 rings (SSSR count). The highest BCUT2D eigenvalue weighted by Crippen LogP contribution is 2.42. The number of hydrogen-bond acceptors (Lipinski definition) is 6. The van der Waals surface area contributed by atoms with E-state index in [1.165, 1.54) is 7.11 Å². The molecule has 1 atom stereocenters. The van der Waals surface area contributed by atoms with Crippen LogP contribution in [0.3, 0.4) is 0 Å². The number of anilines is 2. The SMILES string of the molecule is COC(=O)CC1CC(=O)c2c([nH]c(-c3ccncc3OC)c2Nc2ccccc2)C1. The van der Waals surface area contributed by atoms with E-state index in [-0.39, 0.29) is 24.1 Å². The molecule has 30 heavy (non-hydrogen) atoms. The van der Waals surface area contributed by atoms with E-state index in [4.69, 9.17) is 9.47 Å². The Labute approximate surface area is 174 Å². The number of H-pyrrole nitrogens is 1. The second kappa shape index (κ2) is 8.41. The van der Waals surface area contributed by atoms with Crippen LogP contribution < -0.4 is 10.1 Å². The van der Waals surface area contributed by atoms with Gasteiger partial charge in [-0.05, 0) is 30.5 Å². The van der Waals surface area contributed by atoms with Gasteiger partial charge in [0.15, 0.2) is 5.78 Å². The van der Waals surface area contributed by atoms with Crippen molar-refractivity contribution in [3.63, 3.8) is 0 Å². The van der Waals surface area contributed by atoms with Crippen LogP contribution in [0.25, 0.3) is 11.3 Å². The van der Waals surface area contributed by atoms with Crippen molar-refractivity contribution in [2.75, 3.05) is 19.5 Å². The van der Waals surface area contributed by atoms with Gasteiger partial charge in [-0.25, -0.2) is 0 Å². The van der Waals surface area contributed by atoms with Crippen molar-refractivity contribution in [2.24, 2.45) is 5.92 Å². The Kier molecular flexibility index (Phi) is 5.52. The average molecular weight is 405 g/mol. The molecule has 7 heteroatoms. The minimum absolute atomic E-state index is 0.000827. The predicted octanol–water partition coefficient (Wildman–Crippen LogP) is 4.14. The summed E-state index contributed by atoms with van der Waals surface area (Å²) in [4.78, 5) is 32.4. The number of carbonyl (C=O) groups is 2. The molecule has 1 aliphatic rings. The summed E-state index contributed by atoms with van der Waals surface area (Å²) in [7, 11) is 2.95. The molecule has 0 fully saturated rings. The summed E-state index contributed by atoms with van der Waals surface area (Å²) >= 11 is 0. The number of rotatable bonds is 6. The van der Waals surface area contributed by atoms with E-state index in [9.17, 15) is 9.59 Å². The summed E-state index contributed by atoms with van der Waals surface area (Å²) in [5, 5.41) is 3.41. The summed E-state index contributed by atoms with van der Waals surface area (Å²) in [6.07, 6.45) is 4.44. The van der Waals surface area contributed by atoms with Crippen molar-refractivity contribution in [1.82, 2.24) is 9.97 Å². The van der Waals surface area contributed by atoms with Gasteiger partial charge in [-0.1, -0.05) is 18.2 Å². The highest BCUT2D eigenvalue weighted by molar-refractivity contribution is 6.08. The van der Waals surface area contributed by atoms with E-state index in [2.05, 4.69) is 15.3 Å². The van der Waals surface area contributed by atoms with Crippen LogP contribution in [0, 0.1) is 5.92 Å². The molecule has 1 aromatic carbocycles. The number of esters is 1. The van der Waals surface area contributed by atoms with Gasteiger partial charge in [0.25, 0.3) is 0 Å². The number of ketones is 1. The lowest BCUT2D eigenvalue weighted by Crippen LogP contribution is -2.22. The largest absolute Gasteiger partial charge is 0.494 e. The maximum atomic E-state index is 13.1. The molecule has 0 saturated carbocycles. The lowest BCUT2D eigenvalue weighted by Gasteiger charge is -2.21. The van der Waals surface area contributed by atoms with E-state index in [0.29, 0.717) is 29.8 Å². The zero-order chi connectivity index (χ0) is 21.1. The molecule has 0 aliphatic heterocycles. The van der Waals surface area contributed by atoms with Crippen molar-refractivity contribution in [3.05, 3.63) is 60.0 Å². The van der Waals surface area contributed by atoms with Gasteiger partial charge in [0.05, 0.1) is 37.4 Å². The van der Waals surface area contributed by atoms with Crippen LogP contribution in [-0.2, 0) is 16.0 Å². The molecule has 0 saturated heterocycles. The van der Waals surface area contributed by atoms with Gasteiger partial charge in [-0.2, -0.15) is 0 Å². The van der Waals surface area contributed by atoms with Crippen LogP contribution in [0.1, 0.15) is 28.9 Å². The number of aromatic nitrogens is 2. The fraction of sp³-hybridized carbons (Fsp3) is 0.261. The van der Waals surface area contributed by atoms with Gasteiger partial charge < -0.3 is 19.8 Å². The van der Waals surface area contributed by atoms with Crippen molar-refractivity contribution < 1.29 is 19.1 Å². The van der Waals surface area contributed by atoms with Gasteiger partial charge in [-0.3, -0.25) is 14.6 Å². The fourth-order valence-electron chi connectivity index (χ4n) is 3.94. The van der Waals surface area contributed by atoms with Crippen LogP contribution in [0.2, 0.25) is 0 Å². The molecule has 0 radical (unpaired) electrons. The van der Waals surface area contributed by atoms with Gasteiger partial charge in [-0.15, -0.1) is 0 Å². The van der Waals surface area contributed by atoms with Gasteiger partial charge in [0, 0.05) is 36.0 Å². The van der Waals surface area contributed by atoms with Crippen molar-refractivity contribution in [2.45, 2.75) is 19.3 Å². The third-order valence-electron chi connectivity index (χ3n) is 5.32. The minimum Gasteiger partial charge on any atom is -0.494 e. The topological polar surface area (TPSA) is 93.3 Å². The van der Waals surface area contributed by atoms with Gasteiger partial charge >= 0.3 is 5.97 Å². The Bertz CT molecular complexity index is 1080. The molecule has 0 bridgehead atoms. The molecule has 1 aliphatic carbocycles. The highest BCUT2D eigenvalue weighted by atomic mass is 16.5. The number of benzene rings is 1. The number of Topliss-reactive ketones (excluding diaryl/α,β-unsaturated/α-hetero) is 1. The van der Waals surface area contributed by atoms with Gasteiger partial charge in [0.1, 0.15) is 5.75 Å². The summed E-state index contributed by atoms with van der Waals surface area (Å²) in [6.45, 7) is 0. The lowest BCUT2D eigenvalue weighted by molar-refractivity contribution is -0.141. The number of para-hydroxylation sites is 1. The maximum absolute atomic E-state index is 13.1. The molecule has 154 valence electrons. The maximum Gasteiger partial charge on any atom is 0.305 e. The molecule has 2 aromatic heterocycles. The normalized spacial score (nSPS) is 15.4. The quantitative estimate of drug-likeness (QED) is 0.599. The van der Waals surface area contributed by atoms with Crippen molar-refractivity contribution in [1.29, 1.82) is 0 Å². The standard InChI is InChI=1S/C23H23N3O4/c1-29-19-13-24-9-8-16(19)22-23(25-15-6-4-3-5-7-15)21-17(26-22)10-14(11-18(21)27)12-20(28)30-2/h3-9,13-14,25-26H,10-12H2,1-2H3. The monoisotopic (exact) mass is 405 g/mol. The Hall–Kier alpha value is -3.61. The zero-order valence-electron chi connectivity index (χ0n) is 16.9. The van der Waals surface area contributed by atoms with Crippen molar-refractivity contribution in [3.8, 4) is 17.0 Å². The molecule has 3 aromatic rings. The Morgan fingerprint density at radius 3 is 2.73 bits per heavy atom. The van der Waals surface area contributed by atoms with Crippen LogP contribution in [-0.4, -0.2) is 35.9 Å². The number of nitrogens with one attached hydrogen (secondary N) is 2. The summed E-state index contributed by atoms with van der Waals surface area (Å²) in [6, 6.07) is 11.5. The number of aromatic amines is 1. The first kappa shape index (κ1) is 19.7. The summed E-state index contributed by atoms with van der Waals surface area (Å²) in [5.74, 6) is 0.208. The second-order valence-electron chi connectivity index (χ2n) is 7.27. The molecular formula is C23H23N3O4. The van der Waals surface area contributed by atoms with Crippen LogP contribution in [0.15, 0.2) is 48.8 Å². The summed E-state index contributed by atoms with van der Waals surface area (Å²) < 4.78 is 10.3. The van der Waals surface area contributed by atoms with E-state index >= 15 is 0 Å². The van der Waals surface area contributed by atoms with Crippen molar-refractivity contribution >= 4 is 23.1 Å². The smallest absolute Gasteiger partial charge is 0.305 e.